The highest BCUT2D eigenvalue weighted by atomic mass is 79.9. The first-order valence-corrected chi connectivity index (χ1v) is 24.2. The average molecular weight is 1040 g/mol. The molecule has 0 radical (unpaired) electrons. The fourth-order valence-electron chi connectivity index (χ4n) is 7.60. The number of esters is 2. The highest BCUT2D eigenvalue weighted by Crippen LogP contribution is 2.32. The van der Waals surface area contributed by atoms with Gasteiger partial charge in [-0.1, -0.05) is 129 Å². The summed E-state index contributed by atoms with van der Waals surface area (Å²) in [6.45, 7) is 4.46. The lowest BCUT2D eigenvalue weighted by molar-refractivity contribution is -0.143. The molecule has 2 aliphatic rings. The maximum atomic E-state index is 12.8. The summed E-state index contributed by atoms with van der Waals surface area (Å²) in [4.78, 5) is 47.9. The van der Waals surface area contributed by atoms with Crippen molar-refractivity contribution in [2.75, 3.05) is 13.2 Å². The van der Waals surface area contributed by atoms with Crippen LogP contribution in [0.2, 0.25) is 20.1 Å². The largest absolute Gasteiger partial charge is 0.508 e. The number of alkyl halides is 1. The molecule has 0 atom stereocenters. The monoisotopic (exact) mass is 1040 g/mol. The highest BCUT2D eigenvalue weighted by Gasteiger charge is 2.26. The number of phenols is 1. The number of ether oxygens (including phenoxy) is 2. The van der Waals surface area contributed by atoms with Crippen molar-refractivity contribution in [3.63, 3.8) is 0 Å². The Hall–Kier alpha value is -5.48. The van der Waals surface area contributed by atoms with Gasteiger partial charge in [0.15, 0.2) is 11.6 Å². The van der Waals surface area contributed by atoms with E-state index in [1.807, 2.05) is 68.5 Å². The van der Waals surface area contributed by atoms with Crippen molar-refractivity contribution in [2.24, 2.45) is 0 Å². The number of aromatic hydroxyl groups is 1. The van der Waals surface area contributed by atoms with Crippen molar-refractivity contribution < 1.29 is 33.8 Å². The van der Waals surface area contributed by atoms with Gasteiger partial charge in [-0.25, -0.2) is 0 Å². The smallest absolute Gasteiger partial charge is 0.310 e. The van der Waals surface area contributed by atoms with Gasteiger partial charge in [0.1, 0.15) is 5.75 Å². The maximum Gasteiger partial charge on any atom is 0.310 e. The second kappa shape index (κ2) is 24.5. The van der Waals surface area contributed by atoms with E-state index in [-0.39, 0.29) is 29.3 Å². The minimum atomic E-state index is -0.204. The molecule has 1 N–H and O–H groups in total. The predicted molar refractivity (Wildman–Crippen MR) is 273 cm³/mol. The Balaban J connectivity index is 0.000000184. The van der Waals surface area contributed by atoms with Crippen LogP contribution in [-0.2, 0) is 62.9 Å². The number of carbonyl (C=O) groups is 4. The first-order chi connectivity index (χ1) is 32.2. The number of aryl methyl sites for hydroxylation is 2. The topological polar surface area (TPSA) is 107 Å². The summed E-state index contributed by atoms with van der Waals surface area (Å²) < 4.78 is 9.85. The maximum absolute atomic E-state index is 12.8. The van der Waals surface area contributed by atoms with Crippen LogP contribution in [0.3, 0.4) is 0 Å². The number of benzene rings is 6. The van der Waals surface area contributed by atoms with Gasteiger partial charge in [-0.05, 0) is 144 Å². The van der Waals surface area contributed by atoms with E-state index in [4.69, 9.17) is 55.9 Å². The summed E-state index contributed by atoms with van der Waals surface area (Å²) >= 11 is 27.4. The summed E-state index contributed by atoms with van der Waals surface area (Å²) in [5, 5.41) is 12.5. The minimum Gasteiger partial charge on any atom is -0.508 e. The molecule has 0 unspecified atom stereocenters. The van der Waals surface area contributed by atoms with Gasteiger partial charge in [0.25, 0.3) is 0 Å². The molecular formula is C55H47BrCl4O7. The van der Waals surface area contributed by atoms with E-state index in [9.17, 15) is 24.3 Å². The number of Topliss-reactive ketones (excluding diaryl/α,β-unsaturated/α-hetero) is 2. The third-order valence-corrected chi connectivity index (χ3v) is 12.3. The van der Waals surface area contributed by atoms with Gasteiger partial charge >= 0.3 is 11.9 Å². The Morgan fingerprint density at radius 1 is 0.537 bits per heavy atom. The predicted octanol–water partition coefficient (Wildman–Crippen LogP) is 13.9. The Bertz CT molecular complexity index is 2790. The molecule has 0 aromatic heterocycles. The molecule has 67 heavy (non-hydrogen) atoms. The number of halogens is 5. The third kappa shape index (κ3) is 15.0. The number of phenolic OH excluding ortho intramolecular Hbond substituents is 1. The van der Waals surface area contributed by atoms with Gasteiger partial charge in [0.2, 0.25) is 0 Å². The molecule has 344 valence electrons. The number of hydrogen-bond acceptors (Lipinski definition) is 7. The number of fused-ring (bicyclic) bond motifs is 2. The lowest BCUT2D eigenvalue weighted by Gasteiger charge is -2.06. The van der Waals surface area contributed by atoms with Gasteiger partial charge in [-0.2, -0.15) is 0 Å². The minimum absolute atomic E-state index is 0.0175. The van der Waals surface area contributed by atoms with Crippen molar-refractivity contribution in [3.8, 4) is 5.75 Å². The normalized spacial score (nSPS) is 13.6. The van der Waals surface area contributed by atoms with Crippen LogP contribution in [0.5, 0.6) is 5.75 Å². The number of carbonyl (C=O) groups excluding carboxylic acids is 4. The molecule has 8 rings (SSSR count). The van der Waals surface area contributed by atoms with Crippen LogP contribution >= 0.6 is 62.3 Å². The summed E-state index contributed by atoms with van der Waals surface area (Å²) in [5.41, 5.74) is 11.9. The van der Waals surface area contributed by atoms with Gasteiger partial charge in [-0.3, -0.25) is 19.2 Å². The molecule has 0 spiro atoms. The first kappa shape index (κ1) is 50.9. The van der Waals surface area contributed by atoms with Gasteiger partial charge < -0.3 is 14.6 Å². The van der Waals surface area contributed by atoms with Crippen molar-refractivity contribution in [1.82, 2.24) is 0 Å². The Morgan fingerprint density at radius 3 is 1.37 bits per heavy atom. The van der Waals surface area contributed by atoms with Crippen molar-refractivity contribution in [3.05, 3.63) is 214 Å². The van der Waals surface area contributed by atoms with E-state index in [2.05, 4.69) is 34.1 Å². The van der Waals surface area contributed by atoms with E-state index >= 15 is 0 Å². The molecule has 0 bridgehead atoms. The van der Waals surface area contributed by atoms with Crippen LogP contribution in [0.1, 0.15) is 84.6 Å². The average Bonchev–Trinajstić information content (AvgIpc) is 3.76. The zero-order chi connectivity index (χ0) is 48.0. The molecule has 0 saturated heterocycles. The number of allylic oxidation sites excluding steroid dienone is 2. The zero-order valence-electron chi connectivity index (χ0n) is 36.9. The third-order valence-electron chi connectivity index (χ3n) is 10.8. The molecule has 7 nitrogen and oxygen atoms in total. The van der Waals surface area contributed by atoms with Crippen LogP contribution < -0.4 is 0 Å². The summed E-state index contributed by atoms with van der Waals surface area (Å²) in [7, 11) is 0. The molecule has 0 aliphatic heterocycles. The van der Waals surface area contributed by atoms with Crippen molar-refractivity contribution in [2.45, 2.75) is 57.7 Å². The Labute approximate surface area is 419 Å². The molecule has 6 aromatic rings. The molecule has 0 amide bonds. The van der Waals surface area contributed by atoms with E-state index in [0.717, 1.165) is 62.7 Å². The fraction of sp³-hybridized carbons (Fsp3) is 0.200. The van der Waals surface area contributed by atoms with Gasteiger partial charge in [-0.15, -0.1) is 0 Å². The SMILES string of the molecule is CCOC(=O)Cc1ccc(CBr)cc1.CCOC(=O)Cc1ccc(CCc2ccc3c(c2)C/C(=C\c2cc(Cl)cc(Cl)c2)C3=O)cc1.O=C1/C(=C/c2cc(Cl)cc(Cl)c2)Cc2cc(O)ccc21. The summed E-state index contributed by atoms with van der Waals surface area (Å²) in [6.07, 6.45) is 7.19. The van der Waals surface area contributed by atoms with Gasteiger partial charge in [0, 0.05) is 60.5 Å². The first-order valence-electron chi connectivity index (χ1n) is 21.6. The van der Waals surface area contributed by atoms with Crippen LogP contribution in [-0.4, -0.2) is 41.8 Å². The van der Waals surface area contributed by atoms with E-state index in [1.165, 1.54) is 22.8 Å². The lowest BCUT2D eigenvalue weighted by Crippen LogP contribution is -2.07. The summed E-state index contributed by atoms with van der Waals surface area (Å²) in [6, 6.07) is 37.3. The number of ketones is 2. The quantitative estimate of drug-likeness (QED) is 0.0739. The van der Waals surface area contributed by atoms with Gasteiger partial charge in [0.05, 0.1) is 26.1 Å². The van der Waals surface area contributed by atoms with Crippen LogP contribution in [0.4, 0.5) is 0 Å². The Morgan fingerprint density at radius 2 is 0.925 bits per heavy atom. The lowest BCUT2D eigenvalue weighted by atomic mass is 9.99. The van der Waals surface area contributed by atoms with E-state index in [0.29, 0.717) is 70.1 Å². The molecular weight excluding hydrogens is 994 g/mol. The van der Waals surface area contributed by atoms with E-state index in [1.54, 1.807) is 54.6 Å². The number of rotatable bonds is 12. The Kier molecular flexibility index (Phi) is 18.6. The fourth-order valence-corrected chi connectivity index (χ4v) is 9.06. The van der Waals surface area contributed by atoms with Crippen LogP contribution in [0.15, 0.2) is 132 Å². The highest BCUT2D eigenvalue weighted by molar-refractivity contribution is 9.08. The van der Waals surface area contributed by atoms with Crippen molar-refractivity contribution in [1.29, 1.82) is 0 Å². The second-order valence-electron chi connectivity index (χ2n) is 15.8. The van der Waals surface area contributed by atoms with E-state index < -0.39 is 0 Å². The zero-order valence-corrected chi connectivity index (χ0v) is 41.5. The number of hydrogen-bond donors (Lipinski definition) is 1. The van der Waals surface area contributed by atoms with Crippen LogP contribution in [0, 0.1) is 0 Å². The summed E-state index contributed by atoms with van der Waals surface area (Å²) in [5.74, 6) is -0.159. The van der Waals surface area contributed by atoms with Crippen molar-refractivity contribution >= 4 is 98.0 Å². The standard InChI is InChI=1S/C28H24Cl2O3.C16H10Cl2O2.C11H13BrO2/c1-2-33-27(31)15-20-7-4-18(5-8-20)3-6-19-9-10-26-22(11-19)16-23(28(26)32)12-21-13-24(29)17-25(30)14-21;17-12-4-9(5-13(18)8-12)3-11-6-10-7-14(19)1-2-15(10)16(11)20;1-2-14-11(13)7-9-3-5-10(8-12)6-4-9/h4-5,7-14,17H,2-3,6,15-16H2,1H3;1-5,7-8,19H,6H2;3-6H,2,7-8H2,1H3/b23-12+;11-3+;. The molecule has 0 heterocycles. The molecule has 6 aromatic carbocycles. The molecule has 2 aliphatic carbocycles. The molecule has 0 fully saturated rings. The van der Waals surface area contributed by atoms with Crippen LogP contribution in [0.25, 0.3) is 12.2 Å². The second-order valence-corrected chi connectivity index (χ2v) is 18.1. The molecule has 0 saturated carbocycles. The molecule has 12 heteroatoms.